The van der Waals surface area contributed by atoms with Crippen LogP contribution >= 0.6 is 0 Å². The van der Waals surface area contributed by atoms with E-state index in [0.29, 0.717) is 34.5 Å². The fourth-order valence-electron chi connectivity index (χ4n) is 4.74. The van der Waals surface area contributed by atoms with Gasteiger partial charge in [-0.2, -0.15) is 0 Å². The van der Waals surface area contributed by atoms with Crippen molar-refractivity contribution in [2.45, 2.75) is 24.6 Å². The fraction of sp³-hybridized carbons (Fsp3) is 0.152. The van der Waals surface area contributed by atoms with Crippen LogP contribution in [0.4, 0.5) is 5.69 Å². The van der Waals surface area contributed by atoms with Gasteiger partial charge < -0.3 is 15.1 Å². The van der Waals surface area contributed by atoms with Crippen molar-refractivity contribution in [3.05, 3.63) is 130 Å². The number of carbonyl (C=O) groups is 4. The van der Waals surface area contributed by atoms with E-state index in [9.17, 15) is 32.7 Å². The van der Waals surface area contributed by atoms with Gasteiger partial charge in [0.25, 0.3) is 11.8 Å². The molecule has 5 rings (SSSR count). The lowest BCUT2D eigenvalue weighted by atomic mass is 10.0. The second kappa shape index (κ2) is 13.6. The molecule has 2 amide bonds. The molecular formula is C33H31N3O8S. The summed E-state index contributed by atoms with van der Waals surface area (Å²) in [5.41, 5.74) is 3.19. The first-order valence-electron chi connectivity index (χ1n) is 13.7. The van der Waals surface area contributed by atoms with Crippen molar-refractivity contribution in [2.24, 2.45) is 0 Å². The van der Waals surface area contributed by atoms with Crippen LogP contribution in [-0.2, 0) is 16.6 Å². The predicted octanol–water partition coefficient (Wildman–Crippen LogP) is 4.11. The van der Waals surface area contributed by atoms with Gasteiger partial charge in [-0.25, -0.2) is 17.9 Å². The quantitative estimate of drug-likeness (QED) is 0.246. The molecule has 11 nitrogen and oxygen atoms in total. The van der Waals surface area contributed by atoms with Crippen LogP contribution in [0.1, 0.15) is 65.7 Å². The van der Waals surface area contributed by atoms with E-state index in [-0.39, 0.29) is 28.1 Å². The minimum absolute atomic E-state index is 0.0948. The lowest BCUT2D eigenvalue weighted by Gasteiger charge is -2.21. The minimum atomic E-state index is -3.54. The number of anilines is 1. The average Bonchev–Trinajstić information content (AvgIpc) is 3.30. The van der Waals surface area contributed by atoms with E-state index in [4.69, 9.17) is 5.11 Å². The summed E-state index contributed by atoms with van der Waals surface area (Å²) in [6.07, 6.45) is -1.07. The van der Waals surface area contributed by atoms with E-state index in [1.807, 2.05) is 0 Å². The molecule has 1 aliphatic heterocycles. The van der Waals surface area contributed by atoms with E-state index >= 15 is 0 Å². The molecule has 232 valence electrons. The monoisotopic (exact) mass is 629 g/mol. The van der Waals surface area contributed by atoms with Gasteiger partial charge in [0.1, 0.15) is 0 Å². The Labute approximate surface area is 260 Å². The number of nitrogens with one attached hydrogen (secondary N) is 1. The highest BCUT2D eigenvalue weighted by Crippen LogP contribution is 2.35. The number of Topliss-reactive ketones (excluding diaryl/α,β-unsaturated/α-hetero) is 1. The Balaban J connectivity index is 0.000000205. The van der Waals surface area contributed by atoms with Crippen molar-refractivity contribution in [2.75, 3.05) is 19.0 Å². The molecule has 0 aliphatic carbocycles. The summed E-state index contributed by atoms with van der Waals surface area (Å²) in [6, 6.07) is 25.6. The molecule has 45 heavy (non-hydrogen) atoms. The highest BCUT2D eigenvalue weighted by atomic mass is 32.2. The van der Waals surface area contributed by atoms with E-state index in [1.165, 1.54) is 60.2 Å². The molecule has 1 heterocycles. The van der Waals surface area contributed by atoms with Gasteiger partial charge in [0, 0.05) is 36.0 Å². The first-order valence-corrected chi connectivity index (χ1v) is 15.2. The van der Waals surface area contributed by atoms with Gasteiger partial charge in [0.2, 0.25) is 10.0 Å². The number of carboxylic acid groups (broad SMARTS) is 1. The molecule has 0 aromatic heterocycles. The molecule has 0 fully saturated rings. The Bertz CT molecular complexity index is 1860. The van der Waals surface area contributed by atoms with Crippen LogP contribution < -0.4 is 9.62 Å². The van der Waals surface area contributed by atoms with Crippen LogP contribution in [0.15, 0.2) is 102 Å². The van der Waals surface area contributed by atoms with Crippen molar-refractivity contribution < 1.29 is 37.8 Å². The van der Waals surface area contributed by atoms with Gasteiger partial charge in [-0.3, -0.25) is 19.3 Å². The predicted molar refractivity (Wildman–Crippen MR) is 167 cm³/mol. The van der Waals surface area contributed by atoms with Crippen molar-refractivity contribution >= 4 is 39.3 Å². The number of aliphatic hydroxyl groups is 1. The van der Waals surface area contributed by atoms with Gasteiger partial charge in [-0.15, -0.1) is 0 Å². The first-order chi connectivity index (χ1) is 21.4. The third-order valence-corrected chi connectivity index (χ3v) is 8.56. The topological polar surface area (TPSA) is 161 Å². The standard InChI is InChI=1S/C18H17NO4.C15H14N2O4S/c1-12(20)15-5-3-4-6-16(15)17(21)19(2)11-13-7-9-14(10-8-13)18(22)23;1-16-22(20,21)11-8-6-10(7-9-11)17-14(18)12-4-2-3-5-13(12)15(17)19/h3-10H,11H2,1-2H3,(H,22,23);2-9,14,16,18H,1H3. The van der Waals surface area contributed by atoms with Gasteiger partial charge >= 0.3 is 5.97 Å². The van der Waals surface area contributed by atoms with Crippen LogP contribution in [0, 0.1) is 0 Å². The zero-order chi connectivity index (χ0) is 32.9. The number of hydrogen-bond acceptors (Lipinski definition) is 7. The first kappa shape index (κ1) is 32.7. The zero-order valence-electron chi connectivity index (χ0n) is 24.7. The number of fused-ring (bicyclic) bond motifs is 1. The largest absolute Gasteiger partial charge is 0.478 e. The molecule has 0 spiro atoms. The number of aliphatic hydroxyl groups excluding tert-OH is 1. The summed E-state index contributed by atoms with van der Waals surface area (Å²) in [5.74, 6) is -1.71. The summed E-state index contributed by atoms with van der Waals surface area (Å²) in [4.78, 5) is 50.2. The number of amides is 2. The van der Waals surface area contributed by atoms with Gasteiger partial charge in [-0.1, -0.05) is 48.5 Å². The van der Waals surface area contributed by atoms with Crippen molar-refractivity contribution in [1.29, 1.82) is 0 Å². The second-order valence-corrected chi connectivity index (χ2v) is 12.0. The molecule has 1 atom stereocenters. The number of carbonyl (C=O) groups excluding carboxylic acids is 3. The molecule has 0 saturated heterocycles. The molecular weight excluding hydrogens is 598 g/mol. The number of nitrogens with zero attached hydrogens (tertiary/aromatic N) is 2. The van der Waals surface area contributed by atoms with Crippen molar-refractivity contribution in [3.8, 4) is 0 Å². The summed E-state index contributed by atoms with van der Waals surface area (Å²) >= 11 is 0. The number of benzene rings is 4. The molecule has 4 aromatic carbocycles. The SMILES string of the molecule is CC(=O)c1ccccc1C(=O)N(C)Cc1ccc(C(=O)O)cc1.CNS(=O)(=O)c1ccc(N2C(=O)c3ccccc3C2O)cc1. The van der Waals surface area contributed by atoms with Crippen molar-refractivity contribution in [1.82, 2.24) is 9.62 Å². The third-order valence-electron chi connectivity index (χ3n) is 7.13. The number of sulfonamides is 1. The number of carboxylic acids is 1. The number of rotatable bonds is 8. The molecule has 1 aliphatic rings. The highest BCUT2D eigenvalue weighted by Gasteiger charge is 2.36. The highest BCUT2D eigenvalue weighted by molar-refractivity contribution is 7.89. The van der Waals surface area contributed by atoms with Gasteiger partial charge in [-0.05, 0) is 68.1 Å². The molecule has 3 N–H and O–H groups in total. The van der Waals surface area contributed by atoms with E-state index in [2.05, 4.69) is 4.72 Å². The molecule has 0 radical (unpaired) electrons. The van der Waals surface area contributed by atoms with E-state index < -0.39 is 22.2 Å². The molecule has 0 saturated carbocycles. The smallest absolute Gasteiger partial charge is 0.335 e. The van der Waals surface area contributed by atoms with Crippen LogP contribution in [0.3, 0.4) is 0 Å². The van der Waals surface area contributed by atoms with Gasteiger partial charge in [0.05, 0.1) is 16.0 Å². The summed E-state index contributed by atoms with van der Waals surface area (Å²) in [6.45, 7) is 1.75. The fourth-order valence-corrected chi connectivity index (χ4v) is 5.47. The van der Waals surface area contributed by atoms with E-state index in [1.54, 1.807) is 67.7 Å². The third kappa shape index (κ3) is 7.15. The van der Waals surface area contributed by atoms with Crippen LogP contribution in [0.25, 0.3) is 0 Å². The zero-order valence-corrected chi connectivity index (χ0v) is 25.5. The number of hydrogen-bond donors (Lipinski definition) is 3. The van der Waals surface area contributed by atoms with Crippen LogP contribution in [0.5, 0.6) is 0 Å². The second-order valence-electron chi connectivity index (χ2n) is 10.1. The minimum Gasteiger partial charge on any atom is -0.478 e. The maximum atomic E-state index is 12.5. The number of aromatic carboxylic acids is 1. The van der Waals surface area contributed by atoms with Crippen molar-refractivity contribution in [3.63, 3.8) is 0 Å². The molecule has 4 aromatic rings. The Morgan fingerprint density at radius 1 is 0.867 bits per heavy atom. The van der Waals surface area contributed by atoms with Crippen LogP contribution in [-0.4, -0.2) is 61.2 Å². The average molecular weight is 630 g/mol. The summed E-state index contributed by atoms with van der Waals surface area (Å²) in [5, 5.41) is 19.2. The lowest BCUT2D eigenvalue weighted by Crippen LogP contribution is -2.27. The Hall–Kier alpha value is -5.17. The normalized spacial score (nSPS) is 13.8. The maximum Gasteiger partial charge on any atom is 0.335 e. The lowest BCUT2D eigenvalue weighted by molar-refractivity contribution is 0.0695. The van der Waals surface area contributed by atoms with E-state index in [0.717, 1.165) is 5.56 Å². The summed E-state index contributed by atoms with van der Waals surface area (Å²) in [7, 11) is -0.565. The summed E-state index contributed by atoms with van der Waals surface area (Å²) < 4.78 is 25.6. The number of ketones is 1. The Kier molecular flexibility index (Phi) is 9.92. The Morgan fingerprint density at radius 3 is 2.00 bits per heavy atom. The molecule has 1 unspecified atom stereocenters. The molecule has 12 heteroatoms. The maximum absolute atomic E-state index is 12.5. The Morgan fingerprint density at radius 2 is 1.44 bits per heavy atom. The molecule has 0 bridgehead atoms. The van der Waals surface area contributed by atoms with Crippen LogP contribution in [0.2, 0.25) is 0 Å². The van der Waals surface area contributed by atoms with Gasteiger partial charge in [0.15, 0.2) is 12.0 Å².